The van der Waals surface area contributed by atoms with Crippen molar-refractivity contribution in [1.82, 2.24) is 19.8 Å². The molecule has 180 valence electrons. The number of aromatic amines is 1. The Balaban J connectivity index is 1.50. The summed E-state index contributed by atoms with van der Waals surface area (Å²) in [6.07, 6.45) is 6.65. The molecule has 2 heterocycles. The number of imidazole rings is 1. The molecule has 1 aliphatic heterocycles. The largest absolute Gasteiger partial charge is 0.508 e. The van der Waals surface area contributed by atoms with Crippen molar-refractivity contribution in [3.63, 3.8) is 0 Å². The number of piperidine rings is 1. The second-order valence-electron chi connectivity index (χ2n) is 8.81. The summed E-state index contributed by atoms with van der Waals surface area (Å²) in [5.41, 5.74) is 3.89. The fourth-order valence-electron chi connectivity index (χ4n) is 4.77. The highest BCUT2D eigenvalue weighted by Gasteiger charge is 2.26. The molecule has 7 nitrogen and oxygen atoms in total. The summed E-state index contributed by atoms with van der Waals surface area (Å²) in [5.74, 6) is 0.318. The van der Waals surface area contributed by atoms with E-state index in [9.17, 15) is 9.90 Å². The Morgan fingerprint density at radius 3 is 2.44 bits per heavy atom. The molecule has 1 aromatic heterocycles. The van der Waals surface area contributed by atoms with Gasteiger partial charge in [0.1, 0.15) is 5.75 Å². The van der Waals surface area contributed by atoms with Crippen LogP contribution in [0.3, 0.4) is 0 Å². The van der Waals surface area contributed by atoms with Crippen molar-refractivity contribution in [3.05, 3.63) is 72.3 Å². The normalized spacial score (nSPS) is 14.8. The van der Waals surface area contributed by atoms with E-state index in [1.807, 2.05) is 67.4 Å². The predicted molar refractivity (Wildman–Crippen MR) is 136 cm³/mol. The minimum Gasteiger partial charge on any atom is -0.508 e. The Bertz CT molecular complexity index is 1040. The molecule has 1 fully saturated rings. The molecule has 7 heteroatoms. The van der Waals surface area contributed by atoms with E-state index in [-0.39, 0.29) is 11.7 Å². The summed E-state index contributed by atoms with van der Waals surface area (Å²) < 4.78 is 0. The number of aromatic nitrogens is 2. The lowest BCUT2D eigenvalue weighted by Gasteiger charge is -2.40. The van der Waals surface area contributed by atoms with Crippen LogP contribution < -0.4 is 4.90 Å². The first-order valence-electron chi connectivity index (χ1n) is 12.3. The van der Waals surface area contributed by atoms with Crippen molar-refractivity contribution in [2.45, 2.75) is 39.2 Å². The van der Waals surface area contributed by atoms with Gasteiger partial charge < -0.3 is 24.8 Å². The molecule has 2 N–H and O–H groups in total. The second-order valence-corrected chi connectivity index (χ2v) is 8.81. The first-order valence-corrected chi connectivity index (χ1v) is 12.3. The van der Waals surface area contributed by atoms with E-state index in [0.717, 1.165) is 50.3 Å². The molecule has 1 amide bonds. The van der Waals surface area contributed by atoms with E-state index >= 15 is 0 Å². The van der Waals surface area contributed by atoms with Gasteiger partial charge in [0.25, 0.3) is 5.91 Å². The third-order valence-electron chi connectivity index (χ3n) is 6.73. The number of hydrogen-bond donors (Lipinski definition) is 2. The summed E-state index contributed by atoms with van der Waals surface area (Å²) in [5, 5.41) is 10.1. The molecule has 0 saturated carbocycles. The lowest BCUT2D eigenvalue weighted by molar-refractivity contribution is 0.0773. The van der Waals surface area contributed by atoms with E-state index in [1.54, 1.807) is 12.4 Å². The third-order valence-corrected chi connectivity index (χ3v) is 6.73. The lowest BCUT2D eigenvalue weighted by atomic mass is 10.0. The van der Waals surface area contributed by atoms with Gasteiger partial charge in [-0.3, -0.25) is 4.79 Å². The maximum absolute atomic E-state index is 12.8. The maximum Gasteiger partial charge on any atom is 0.253 e. The molecule has 0 unspecified atom stereocenters. The van der Waals surface area contributed by atoms with Gasteiger partial charge in [0, 0.05) is 80.1 Å². The minimum absolute atomic E-state index is 0.0611. The predicted octanol–water partition coefficient (Wildman–Crippen LogP) is 4.44. The first-order chi connectivity index (χ1) is 16.6. The van der Waals surface area contributed by atoms with E-state index in [1.165, 1.54) is 5.69 Å². The summed E-state index contributed by atoms with van der Waals surface area (Å²) >= 11 is 0. The van der Waals surface area contributed by atoms with Crippen molar-refractivity contribution in [2.24, 2.45) is 0 Å². The van der Waals surface area contributed by atoms with Crippen molar-refractivity contribution in [3.8, 4) is 5.75 Å². The number of phenolic OH excluding ortho intramolecular Hbond substituents is 1. The molecule has 2 aromatic carbocycles. The standard InChI is InChI=1S/C27H35N5O2/c1-3-31(4-2)27(34)21-8-10-23(11-9-21)32(25-6-5-7-26(33)18-25)24-13-16-30(17-14-24)15-12-22-19-28-20-29-22/h5-11,18-20,24,33H,3-4,12-17H2,1-2H3,(H,28,29). The summed E-state index contributed by atoms with van der Waals surface area (Å²) in [7, 11) is 0. The molecule has 1 saturated heterocycles. The number of anilines is 2. The van der Waals surface area contributed by atoms with Crippen LogP contribution in [0.4, 0.5) is 11.4 Å². The smallest absolute Gasteiger partial charge is 0.253 e. The Hall–Kier alpha value is -3.32. The van der Waals surface area contributed by atoms with Crippen LogP contribution in [0.1, 0.15) is 42.7 Å². The number of H-pyrrole nitrogens is 1. The van der Waals surface area contributed by atoms with Gasteiger partial charge in [-0.05, 0) is 63.1 Å². The van der Waals surface area contributed by atoms with E-state index in [4.69, 9.17) is 0 Å². The highest BCUT2D eigenvalue weighted by atomic mass is 16.3. The molecular formula is C27H35N5O2. The molecule has 0 atom stereocenters. The van der Waals surface area contributed by atoms with Crippen LogP contribution in [0.25, 0.3) is 0 Å². The number of phenols is 1. The monoisotopic (exact) mass is 461 g/mol. The number of benzene rings is 2. The Kier molecular flexibility index (Phi) is 7.85. The van der Waals surface area contributed by atoms with Crippen LogP contribution in [0.2, 0.25) is 0 Å². The fraction of sp³-hybridized carbons (Fsp3) is 0.407. The maximum atomic E-state index is 12.8. The third kappa shape index (κ3) is 5.59. The highest BCUT2D eigenvalue weighted by Crippen LogP contribution is 2.34. The van der Waals surface area contributed by atoms with Crippen LogP contribution in [0.15, 0.2) is 61.1 Å². The van der Waals surface area contributed by atoms with Crippen LogP contribution in [0.5, 0.6) is 5.75 Å². The SMILES string of the molecule is CCN(CC)C(=O)c1ccc(N(c2cccc(O)c2)C2CCN(CCc3cnc[nH]3)CC2)cc1. The van der Waals surface area contributed by atoms with Crippen LogP contribution >= 0.6 is 0 Å². The topological polar surface area (TPSA) is 75.7 Å². The molecule has 0 bridgehead atoms. The number of carbonyl (C=O) groups excluding carboxylic acids is 1. The molecule has 0 spiro atoms. The summed E-state index contributed by atoms with van der Waals surface area (Å²) in [6, 6.07) is 15.7. The number of aromatic hydroxyl groups is 1. The number of nitrogens with one attached hydrogen (secondary N) is 1. The summed E-state index contributed by atoms with van der Waals surface area (Å²) in [6.45, 7) is 8.46. The van der Waals surface area contributed by atoms with Crippen molar-refractivity contribution in [2.75, 3.05) is 37.6 Å². The van der Waals surface area contributed by atoms with Gasteiger partial charge in [0.05, 0.1) is 6.33 Å². The minimum atomic E-state index is 0.0611. The van der Waals surface area contributed by atoms with E-state index in [0.29, 0.717) is 24.7 Å². The number of likely N-dealkylation sites (tertiary alicyclic amines) is 1. The van der Waals surface area contributed by atoms with Gasteiger partial charge in [-0.25, -0.2) is 4.98 Å². The van der Waals surface area contributed by atoms with Gasteiger partial charge in [-0.1, -0.05) is 6.07 Å². The molecule has 0 radical (unpaired) electrons. The van der Waals surface area contributed by atoms with Crippen molar-refractivity contribution in [1.29, 1.82) is 0 Å². The molecule has 34 heavy (non-hydrogen) atoms. The number of hydrogen-bond acceptors (Lipinski definition) is 5. The molecule has 4 rings (SSSR count). The van der Waals surface area contributed by atoms with Crippen LogP contribution in [-0.2, 0) is 6.42 Å². The lowest BCUT2D eigenvalue weighted by Crippen LogP contribution is -2.43. The average Bonchev–Trinajstić information content (AvgIpc) is 3.39. The molecule has 0 aliphatic carbocycles. The van der Waals surface area contributed by atoms with Crippen molar-refractivity contribution < 1.29 is 9.90 Å². The average molecular weight is 462 g/mol. The van der Waals surface area contributed by atoms with Gasteiger partial charge in [0.15, 0.2) is 0 Å². The Morgan fingerprint density at radius 2 is 1.82 bits per heavy atom. The number of amides is 1. The first kappa shape index (κ1) is 23.8. The summed E-state index contributed by atoms with van der Waals surface area (Å²) in [4.78, 5) is 26.7. The van der Waals surface area contributed by atoms with E-state index in [2.05, 4.69) is 19.8 Å². The second kappa shape index (κ2) is 11.2. The zero-order valence-corrected chi connectivity index (χ0v) is 20.2. The quantitative estimate of drug-likeness (QED) is 0.493. The Morgan fingerprint density at radius 1 is 1.09 bits per heavy atom. The number of carbonyl (C=O) groups is 1. The molecule has 3 aromatic rings. The van der Waals surface area contributed by atoms with Crippen LogP contribution in [0, 0.1) is 0 Å². The zero-order valence-electron chi connectivity index (χ0n) is 20.2. The fourth-order valence-corrected chi connectivity index (χ4v) is 4.77. The van der Waals surface area contributed by atoms with Gasteiger partial charge in [0.2, 0.25) is 0 Å². The number of nitrogens with zero attached hydrogens (tertiary/aromatic N) is 4. The van der Waals surface area contributed by atoms with Gasteiger partial charge >= 0.3 is 0 Å². The van der Waals surface area contributed by atoms with E-state index < -0.39 is 0 Å². The zero-order chi connectivity index (χ0) is 23.9. The van der Waals surface area contributed by atoms with Gasteiger partial charge in [-0.2, -0.15) is 0 Å². The van der Waals surface area contributed by atoms with Crippen molar-refractivity contribution >= 4 is 17.3 Å². The van der Waals surface area contributed by atoms with Crippen LogP contribution in [-0.4, -0.2) is 69.5 Å². The molecule has 1 aliphatic rings. The molecular weight excluding hydrogens is 426 g/mol. The highest BCUT2D eigenvalue weighted by molar-refractivity contribution is 5.94. The Labute approximate surface area is 202 Å². The van der Waals surface area contributed by atoms with Gasteiger partial charge in [-0.15, -0.1) is 0 Å². The number of rotatable bonds is 9.